The van der Waals surface area contributed by atoms with Crippen molar-refractivity contribution in [3.8, 4) is 11.5 Å². The van der Waals surface area contributed by atoms with Crippen molar-refractivity contribution >= 4 is 33.0 Å². The Hall–Kier alpha value is -3.04. The zero-order valence-electron chi connectivity index (χ0n) is 16.3. The highest BCUT2D eigenvalue weighted by atomic mass is 32.2. The summed E-state index contributed by atoms with van der Waals surface area (Å²) in [5, 5.41) is 13.9. The average Bonchev–Trinajstić information content (AvgIpc) is 3.28. The lowest BCUT2D eigenvalue weighted by molar-refractivity contribution is -0.123. The topological polar surface area (TPSA) is 95.9 Å². The highest BCUT2D eigenvalue weighted by Gasteiger charge is 2.22. The summed E-state index contributed by atoms with van der Waals surface area (Å²) in [5.41, 5.74) is 1.42. The summed E-state index contributed by atoms with van der Waals surface area (Å²) in [5.74, 6) is 0.389. The Kier molecular flexibility index (Phi) is 6.96. The summed E-state index contributed by atoms with van der Waals surface area (Å²) >= 11 is 1.16. The van der Waals surface area contributed by atoms with Crippen LogP contribution in [0.25, 0.3) is 0 Å². The fraction of sp³-hybridized carbons (Fsp3) is 0.190. The van der Waals surface area contributed by atoms with Crippen molar-refractivity contribution < 1.29 is 23.1 Å². The van der Waals surface area contributed by atoms with Crippen LogP contribution in [0, 0.1) is 0 Å². The molecule has 0 bridgehead atoms. The van der Waals surface area contributed by atoms with Crippen molar-refractivity contribution in [1.82, 2.24) is 5.32 Å². The summed E-state index contributed by atoms with van der Waals surface area (Å²) in [6.07, 6.45) is 0.597. The molecule has 9 heteroatoms. The van der Waals surface area contributed by atoms with Crippen LogP contribution in [0.4, 0.5) is 5.69 Å². The van der Waals surface area contributed by atoms with Gasteiger partial charge in [0.25, 0.3) is 15.9 Å². The van der Waals surface area contributed by atoms with Crippen molar-refractivity contribution in [1.29, 1.82) is 0 Å². The highest BCUT2D eigenvalue weighted by molar-refractivity contribution is 7.94. The minimum atomic E-state index is -3.59. The first kappa shape index (κ1) is 21.7. The largest absolute Gasteiger partial charge is 0.508 e. The Balaban J connectivity index is 1.48. The highest BCUT2D eigenvalue weighted by Crippen LogP contribution is 2.26. The van der Waals surface area contributed by atoms with Gasteiger partial charge >= 0.3 is 0 Å². The lowest BCUT2D eigenvalue weighted by Crippen LogP contribution is -2.30. The Bertz CT molecular complexity index is 1080. The van der Waals surface area contributed by atoms with Gasteiger partial charge < -0.3 is 15.2 Å². The van der Waals surface area contributed by atoms with Gasteiger partial charge in [0, 0.05) is 13.6 Å². The van der Waals surface area contributed by atoms with Gasteiger partial charge in [-0.1, -0.05) is 18.2 Å². The number of rotatable bonds is 9. The van der Waals surface area contributed by atoms with Gasteiger partial charge in [0.1, 0.15) is 15.7 Å². The molecular weight excluding hydrogens is 424 g/mol. The number of hydrogen-bond acceptors (Lipinski definition) is 6. The molecule has 0 fully saturated rings. The SMILES string of the molecule is CN(c1ccc(OCC(=O)NCCc2cccc(O)c2)cc1)S(=O)(=O)c1cccs1. The maximum Gasteiger partial charge on any atom is 0.273 e. The van der Waals surface area contributed by atoms with Crippen LogP contribution >= 0.6 is 11.3 Å². The van der Waals surface area contributed by atoms with Crippen LogP contribution in [-0.2, 0) is 21.2 Å². The second kappa shape index (κ2) is 9.64. The number of nitrogens with one attached hydrogen (secondary N) is 1. The van der Waals surface area contributed by atoms with Crippen LogP contribution in [0.15, 0.2) is 70.3 Å². The molecule has 7 nitrogen and oxygen atoms in total. The molecule has 1 heterocycles. The number of ether oxygens (including phenoxy) is 1. The fourth-order valence-electron chi connectivity index (χ4n) is 2.69. The van der Waals surface area contributed by atoms with Crippen molar-refractivity contribution in [3.05, 3.63) is 71.6 Å². The molecule has 0 saturated heterocycles. The first-order valence-electron chi connectivity index (χ1n) is 9.16. The van der Waals surface area contributed by atoms with E-state index in [0.717, 1.165) is 16.9 Å². The summed E-state index contributed by atoms with van der Waals surface area (Å²) < 4.78 is 32.0. The molecule has 0 spiro atoms. The number of phenolic OH excluding ortho intramolecular Hbond substituents is 1. The lowest BCUT2D eigenvalue weighted by atomic mass is 10.1. The molecule has 2 N–H and O–H groups in total. The number of phenols is 1. The Morgan fingerprint density at radius 1 is 1.13 bits per heavy atom. The fourth-order valence-corrected chi connectivity index (χ4v) is 5.05. The molecule has 0 unspecified atom stereocenters. The van der Waals surface area contributed by atoms with E-state index in [1.807, 2.05) is 6.07 Å². The molecule has 0 saturated carbocycles. The molecule has 3 aromatic rings. The number of carbonyl (C=O) groups is 1. The van der Waals surface area contributed by atoms with E-state index in [1.165, 1.54) is 11.4 Å². The van der Waals surface area contributed by atoms with Gasteiger partial charge in [-0.25, -0.2) is 8.42 Å². The predicted octanol–water partition coefficient (Wildman–Crippen LogP) is 3.02. The summed E-state index contributed by atoms with van der Waals surface area (Å²) in [6.45, 7) is 0.276. The number of anilines is 1. The monoisotopic (exact) mass is 446 g/mol. The third kappa shape index (κ3) is 5.52. The first-order valence-corrected chi connectivity index (χ1v) is 11.5. The molecule has 3 rings (SSSR count). The van der Waals surface area contributed by atoms with Crippen LogP contribution in [0.2, 0.25) is 0 Å². The number of amides is 1. The molecule has 0 aliphatic rings. The second-order valence-electron chi connectivity index (χ2n) is 6.46. The van der Waals surface area contributed by atoms with Gasteiger partial charge in [0.2, 0.25) is 0 Å². The van der Waals surface area contributed by atoms with E-state index in [0.29, 0.717) is 24.4 Å². The minimum absolute atomic E-state index is 0.150. The van der Waals surface area contributed by atoms with Crippen molar-refractivity contribution in [2.24, 2.45) is 0 Å². The molecule has 0 aliphatic heterocycles. The van der Waals surface area contributed by atoms with Gasteiger partial charge in [0.05, 0.1) is 5.69 Å². The molecule has 0 atom stereocenters. The number of hydrogen-bond donors (Lipinski definition) is 2. The van der Waals surface area contributed by atoms with Crippen LogP contribution in [0.1, 0.15) is 5.56 Å². The third-order valence-electron chi connectivity index (χ3n) is 4.33. The van der Waals surface area contributed by atoms with Gasteiger partial charge in [-0.05, 0) is 59.8 Å². The molecule has 1 amide bonds. The molecular formula is C21H22N2O5S2. The predicted molar refractivity (Wildman–Crippen MR) is 117 cm³/mol. The lowest BCUT2D eigenvalue weighted by Gasteiger charge is -2.18. The molecule has 2 aromatic carbocycles. The van der Waals surface area contributed by atoms with Gasteiger partial charge in [-0.15, -0.1) is 11.3 Å². The average molecular weight is 447 g/mol. The van der Waals surface area contributed by atoms with E-state index in [4.69, 9.17) is 4.74 Å². The Morgan fingerprint density at radius 2 is 1.90 bits per heavy atom. The number of sulfonamides is 1. The standard InChI is InChI=1S/C21H22N2O5S2/c1-23(30(26,27)21-6-3-13-29-21)17-7-9-19(10-8-17)28-15-20(25)22-12-11-16-4-2-5-18(24)14-16/h2-10,13-14,24H,11-12,15H2,1H3,(H,22,25). The molecule has 0 aliphatic carbocycles. The normalized spacial score (nSPS) is 11.1. The summed E-state index contributed by atoms with van der Waals surface area (Å²) in [7, 11) is -2.10. The van der Waals surface area contributed by atoms with E-state index in [-0.39, 0.29) is 22.5 Å². The third-order valence-corrected chi connectivity index (χ3v) is 7.49. The van der Waals surface area contributed by atoms with Crippen molar-refractivity contribution in [2.75, 3.05) is 24.5 Å². The van der Waals surface area contributed by atoms with Crippen LogP contribution in [0.3, 0.4) is 0 Å². The molecule has 0 radical (unpaired) electrons. The molecule has 158 valence electrons. The maximum absolute atomic E-state index is 12.6. The van der Waals surface area contributed by atoms with E-state index in [9.17, 15) is 18.3 Å². The van der Waals surface area contributed by atoms with E-state index < -0.39 is 10.0 Å². The Labute approximate surface area is 179 Å². The van der Waals surface area contributed by atoms with Crippen LogP contribution in [-0.4, -0.2) is 39.6 Å². The first-order chi connectivity index (χ1) is 14.4. The van der Waals surface area contributed by atoms with E-state index in [1.54, 1.807) is 60.0 Å². The van der Waals surface area contributed by atoms with Crippen molar-refractivity contribution in [2.45, 2.75) is 10.6 Å². The second-order valence-corrected chi connectivity index (χ2v) is 9.60. The summed E-state index contributed by atoms with van der Waals surface area (Å²) in [6, 6.07) is 16.6. The number of benzene rings is 2. The molecule has 1 aromatic heterocycles. The van der Waals surface area contributed by atoms with Crippen molar-refractivity contribution in [3.63, 3.8) is 0 Å². The Morgan fingerprint density at radius 3 is 2.57 bits per heavy atom. The van der Waals surface area contributed by atoms with E-state index in [2.05, 4.69) is 5.32 Å². The summed E-state index contributed by atoms with van der Waals surface area (Å²) in [4.78, 5) is 11.9. The van der Waals surface area contributed by atoms with Gasteiger partial charge in [0.15, 0.2) is 6.61 Å². The van der Waals surface area contributed by atoms with Gasteiger partial charge in [-0.2, -0.15) is 0 Å². The van der Waals surface area contributed by atoms with E-state index >= 15 is 0 Å². The zero-order valence-corrected chi connectivity index (χ0v) is 17.9. The van der Waals surface area contributed by atoms with Crippen LogP contribution < -0.4 is 14.4 Å². The number of nitrogens with zero attached hydrogens (tertiary/aromatic N) is 1. The number of aromatic hydroxyl groups is 1. The number of carbonyl (C=O) groups excluding carboxylic acids is 1. The van der Waals surface area contributed by atoms with Gasteiger partial charge in [-0.3, -0.25) is 9.10 Å². The zero-order chi connectivity index (χ0) is 21.6. The maximum atomic E-state index is 12.6. The minimum Gasteiger partial charge on any atom is -0.508 e. The van der Waals surface area contributed by atoms with Crippen LogP contribution in [0.5, 0.6) is 11.5 Å². The quantitative estimate of drug-likeness (QED) is 0.527. The smallest absolute Gasteiger partial charge is 0.273 e. The number of thiophene rings is 1. The molecule has 30 heavy (non-hydrogen) atoms.